The molecular formula is C57H63N4OPt-3. The van der Waals surface area contributed by atoms with E-state index in [4.69, 9.17) is 9.72 Å². The Kier molecular flexibility index (Phi) is 12.0. The number of benzene rings is 5. The van der Waals surface area contributed by atoms with E-state index in [-0.39, 0.29) is 48.1 Å². The van der Waals surface area contributed by atoms with E-state index >= 15 is 0 Å². The normalized spacial score (nSPS) is 14.0. The number of ether oxygens (including phenoxy) is 1. The van der Waals surface area contributed by atoms with Gasteiger partial charge in [-0.3, -0.25) is 0 Å². The Balaban J connectivity index is 0.00000595. The van der Waals surface area contributed by atoms with Gasteiger partial charge in [-0.1, -0.05) is 157 Å². The number of rotatable bonds is 7. The topological polar surface area (TPSA) is 33.5 Å². The summed E-state index contributed by atoms with van der Waals surface area (Å²) < 4.78 is 9.21. The zero-order chi connectivity index (χ0) is 44.6. The fraction of sp³-hybridized carbons (Fsp3) is 0.333. The first-order chi connectivity index (χ1) is 29.0. The zero-order valence-corrected chi connectivity index (χ0v) is 41.9. The Morgan fingerprint density at radius 2 is 1.19 bits per heavy atom. The maximum absolute atomic E-state index is 6.97. The van der Waals surface area contributed by atoms with Gasteiger partial charge in [-0.2, -0.15) is 6.07 Å². The number of pyridine rings is 1. The van der Waals surface area contributed by atoms with Gasteiger partial charge in [0.2, 0.25) is 0 Å². The minimum Gasteiger partial charge on any atom is -0.509 e. The van der Waals surface area contributed by atoms with E-state index in [9.17, 15) is 0 Å². The summed E-state index contributed by atoms with van der Waals surface area (Å²) in [7, 11) is 0. The Morgan fingerprint density at radius 1 is 0.540 bits per heavy atom. The van der Waals surface area contributed by atoms with Gasteiger partial charge < -0.3 is 19.1 Å². The third-order valence-electron chi connectivity index (χ3n) is 12.4. The van der Waals surface area contributed by atoms with Crippen molar-refractivity contribution in [1.82, 2.24) is 9.55 Å². The minimum absolute atomic E-state index is 0. The molecule has 0 amide bonds. The molecule has 0 N–H and O–H groups in total. The van der Waals surface area contributed by atoms with E-state index in [0.29, 0.717) is 11.5 Å². The average Bonchev–Trinajstić information content (AvgIpc) is 3.81. The van der Waals surface area contributed by atoms with E-state index < -0.39 is 0 Å². The Labute approximate surface area is 391 Å². The molecule has 3 heterocycles. The third-order valence-corrected chi connectivity index (χ3v) is 12.4. The first-order valence-corrected chi connectivity index (χ1v) is 22.0. The number of hydrogen-bond acceptors (Lipinski definition) is 4. The SMILES string of the molecule is CC(C)(C)C1=CN(c2cccc(C(C)(C)C)c2)[CH-]N1c1[c-]c(Oc2[c-]c3c(cc2)c2cc(C(C)(C)C)ccc2n3-c2cc(C(C)(C)C)ccn2)cc(C(C)(C)c2ccccc2)c1.[Pt]. The molecule has 0 radical (unpaired) electrons. The predicted molar refractivity (Wildman–Crippen MR) is 261 cm³/mol. The zero-order valence-electron chi connectivity index (χ0n) is 39.6. The first-order valence-electron chi connectivity index (χ1n) is 22.0. The van der Waals surface area contributed by atoms with Gasteiger partial charge in [-0.15, -0.1) is 53.6 Å². The maximum atomic E-state index is 6.97. The summed E-state index contributed by atoms with van der Waals surface area (Å²) in [5.41, 5.74) is 10.8. The van der Waals surface area contributed by atoms with Crippen LogP contribution in [0.2, 0.25) is 0 Å². The van der Waals surface area contributed by atoms with E-state index in [0.717, 1.165) is 44.9 Å². The van der Waals surface area contributed by atoms with Gasteiger partial charge in [0.15, 0.2) is 0 Å². The molecular weight excluding hydrogens is 952 g/mol. The number of fused-ring (bicyclic) bond motifs is 3. The van der Waals surface area contributed by atoms with E-state index in [1.165, 1.54) is 27.6 Å². The summed E-state index contributed by atoms with van der Waals surface area (Å²) in [6, 6.07) is 46.9. The molecule has 6 heteroatoms. The Bertz CT molecular complexity index is 2820. The van der Waals surface area contributed by atoms with Crippen molar-refractivity contribution in [3.63, 3.8) is 0 Å². The number of hydrogen-bond donors (Lipinski definition) is 0. The monoisotopic (exact) mass is 1010 g/mol. The number of anilines is 2. The van der Waals surface area contributed by atoms with Crippen LogP contribution < -0.4 is 14.5 Å². The van der Waals surface area contributed by atoms with Gasteiger partial charge in [0.25, 0.3) is 0 Å². The van der Waals surface area contributed by atoms with E-state index in [1.807, 2.05) is 12.3 Å². The summed E-state index contributed by atoms with van der Waals surface area (Å²) in [5.74, 6) is 2.09. The van der Waals surface area contributed by atoms with Crippen molar-refractivity contribution in [3.05, 3.63) is 174 Å². The van der Waals surface area contributed by atoms with Crippen LogP contribution in [0.5, 0.6) is 11.5 Å². The molecule has 330 valence electrons. The van der Waals surface area contributed by atoms with Crippen molar-refractivity contribution in [2.75, 3.05) is 9.80 Å². The Morgan fingerprint density at radius 3 is 1.86 bits per heavy atom. The maximum Gasteiger partial charge on any atom is 0.135 e. The molecule has 0 atom stereocenters. The summed E-state index contributed by atoms with van der Waals surface area (Å²) >= 11 is 0. The van der Waals surface area contributed by atoms with Crippen LogP contribution in [0.15, 0.2) is 127 Å². The summed E-state index contributed by atoms with van der Waals surface area (Å²) in [5, 5.41) is 2.27. The molecule has 0 saturated heterocycles. The van der Waals surface area contributed by atoms with Crippen LogP contribution in [0.4, 0.5) is 11.4 Å². The number of aromatic nitrogens is 2. The fourth-order valence-electron chi connectivity index (χ4n) is 8.34. The van der Waals surface area contributed by atoms with Crippen molar-refractivity contribution in [2.45, 2.75) is 119 Å². The summed E-state index contributed by atoms with van der Waals surface area (Å²) in [4.78, 5) is 9.48. The number of nitrogens with zero attached hydrogens (tertiary/aromatic N) is 4. The van der Waals surface area contributed by atoms with Gasteiger partial charge >= 0.3 is 0 Å². The van der Waals surface area contributed by atoms with Crippen LogP contribution in [0.3, 0.4) is 0 Å². The molecule has 0 fully saturated rings. The summed E-state index contributed by atoms with van der Waals surface area (Å²) in [6.07, 6.45) is 4.19. The van der Waals surface area contributed by atoms with Gasteiger partial charge in [-0.05, 0) is 85.8 Å². The van der Waals surface area contributed by atoms with Gasteiger partial charge in [-0.25, -0.2) is 4.98 Å². The molecule has 1 aliphatic rings. The van der Waals surface area contributed by atoms with E-state index in [2.05, 4.69) is 239 Å². The molecule has 0 aliphatic carbocycles. The predicted octanol–water partition coefficient (Wildman–Crippen LogP) is 15.1. The van der Waals surface area contributed by atoms with Gasteiger partial charge in [0.1, 0.15) is 5.82 Å². The molecule has 5 aromatic carbocycles. The molecule has 0 spiro atoms. The molecule has 7 aromatic rings. The first kappa shape index (κ1) is 45.9. The Hall–Kier alpha value is -5.12. The molecule has 0 bridgehead atoms. The number of allylic oxidation sites excluding steroid dienone is 1. The quantitative estimate of drug-likeness (QED) is 0.149. The van der Waals surface area contributed by atoms with Gasteiger partial charge in [0.05, 0.1) is 0 Å². The van der Waals surface area contributed by atoms with Crippen LogP contribution in [0.1, 0.15) is 125 Å². The van der Waals surface area contributed by atoms with Crippen LogP contribution in [-0.2, 0) is 42.7 Å². The van der Waals surface area contributed by atoms with Crippen LogP contribution >= 0.6 is 0 Å². The van der Waals surface area contributed by atoms with Crippen molar-refractivity contribution in [2.24, 2.45) is 5.41 Å². The molecule has 8 rings (SSSR count). The van der Waals surface area contributed by atoms with Crippen molar-refractivity contribution in [1.29, 1.82) is 0 Å². The summed E-state index contributed by atoms with van der Waals surface area (Å²) in [6.45, 7) is 33.9. The van der Waals surface area contributed by atoms with Crippen molar-refractivity contribution < 1.29 is 25.8 Å². The second kappa shape index (κ2) is 16.5. The van der Waals surface area contributed by atoms with Crippen LogP contribution in [-0.4, -0.2) is 9.55 Å². The minimum atomic E-state index is -0.343. The fourth-order valence-corrected chi connectivity index (χ4v) is 8.34. The molecule has 0 unspecified atom stereocenters. The third kappa shape index (κ3) is 9.14. The van der Waals surface area contributed by atoms with Crippen LogP contribution in [0.25, 0.3) is 27.6 Å². The van der Waals surface area contributed by atoms with E-state index in [1.54, 1.807) is 0 Å². The molecule has 5 nitrogen and oxygen atoms in total. The van der Waals surface area contributed by atoms with Crippen LogP contribution in [0, 0.1) is 24.2 Å². The smallest absolute Gasteiger partial charge is 0.135 e. The second-order valence-corrected chi connectivity index (χ2v) is 21.7. The largest absolute Gasteiger partial charge is 0.509 e. The van der Waals surface area contributed by atoms with Crippen molar-refractivity contribution in [3.8, 4) is 17.3 Å². The second-order valence-electron chi connectivity index (χ2n) is 21.7. The molecule has 1 aliphatic heterocycles. The molecule has 63 heavy (non-hydrogen) atoms. The average molecular weight is 1020 g/mol. The standard InChI is InChI=1S/C57H63N4O.Pt/c1-53(2,3)39-21-18-22-43(29-39)59-36-51(56(10,11)12)60(37-59)44-30-42(57(13,14)38-19-16-15-17-20-38)31-46(34-44)62-45-24-25-47-48-32-40(54(4,5)6)23-26-49(48)61(50(47)35-45)52-33-41(27-28-58-52)55(7,8)9;/h15-33,36-37H,1-14H3;/q-3;. The van der Waals surface area contributed by atoms with Crippen molar-refractivity contribution >= 4 is 33.2 Å². The molecule has 0 saturated carbocycles. The van der Waals surface area contributed by atoms with Gasteiger partial charge in [0, 0.05) is 61.1 Å². The molecule has 2 aromatic heterocycles.